The molecule has 1 N–H and O–H groups in total. The van der Waals surface area contributed by atoms with Crippen LogP contribution in [0, 0.1) is 27.5 Å². The molecule has 0 spiro atoms. The molecule has 0 unspecified atom stereocenters. The minimum atomic E-state index is -0.545. The van der Waals surface area contributed by atoms with E-state index in [0.717, 1.165) is 32.5 Å². The minimum Gasteiger partial charge on any atom is -0.300 e. The number of carbonyl (C=O) groups excluding carboxylic acids is 1. The van der Waals surface area contributed by atoms with Crippen molar-refractivity contribution >= 4 is 50.0 Å². The fourth-order valence-electron chi connectivity index (χ4n) is 1.53. The van der Waals surface area contributed by atoms with E-state index in [0.29, 0.717) is 0 Å². The molecule has 0 bridgehead atoms. The summed E-state index contributed by atoms with van der Waals surface area (Å²) >= 11 is 2.99. The number of nitro groups is 1. The predicted molar refractivity (Wildman–Crippen MR) is 81.8 cm³/mol. The molecule has 1 amide bonds. The van der Waals surface area contributed by atoms with Crippen molar-refractivity contribution in [2.75, 3.05) is 5.32 Å². The summed E-state index contributed by atoms with van der Waals surface area (Å²) in [6.07, 6.45) is 1.12. The number of halogens is 1. The van der Waals surface area contributed by atoms with E-state index >= 15 is 0 Å². The van der Waals surface area contributed by atoms with Crippen LogP contribution in [0.15, 0.2) is 6.20 Å². The number of carbonyl (C=O) groups is 1. The summed E-state index contributed by atoms with van der Waals surface area (Å²) in [5.74, 6) is -0.323. The van der Waals surface area contributed by atoms with E-state index in [1.165, 1.54) is 0 Å². The van der Waals surface area contributed by atoms with E-state index in [2.05, 4.69) is 38.0 Å². The highest BCUT2D eigenvalue weighted by atomic mass is 127. The van der Waals surface area contributed by atoms with Gasteiger partial charge in [-0.15, -0.1) is 0 Å². The number of nitrogens with zero attached hydrogens (tertiary/aromatic N) is 4. The SMILES string of the molecule is Cc1nn(CC(=O)Nc2ncc([N+](=O)[O-])s2)c(C)c1I. The highest BCUT2D eigenvalue weighted by Crippen LogP contribution is 2.25. The van der Waals surface area contributed by atoms with Crippen LogP contribution in [0.1, 0.15) is 11.4 Å². The van der Waals surface area contributed by atoms with Crippen LogP contribution < -0.4 is 5.32 Å². The summed E-state index contributed by atoms with van der Waals surface area (Å²) in [4.78, 5) is 25.6. The molecule has 2 heterocycles. The Hall–Kier alpha value is -1.56. The molecule has 10 heteroatoms. The van der Waals surface area contributed by atoms with Gasteiger partial charge in [-0.2, -0.15) is 5.10 Å². The van der Waals surface area contributed by atoms with E-state index in [9.17, 15) is 14.9 Å². The Labute approximate surface area is 131 Å². The van der Waals surface area contributed by atoms with Gasteiger partial charge < -0.3 is 5.32 Å². The lowest BCUT2D eigenvalue weighted by molar-refractivity contribution is -0.380. The monoisotopic (exact) mass is 407 g/mol. The first-order chi connectivity index (χ1) is 9.38. The van der Waals surface area contributed by atoms with Crippen LogP contribution in [0.4, 0.5) is 10.1 Å². The molecule has 0 atom stereocenters. The summed E-state index contributed by atoms with van der Waals surface area (Å²) in [6, 6.07) is 0. The first kappa shape index (κ1) is 14.8. The minimum absolute atomic E-state index is 0.0447. The van der Waals surface area contributed by atoms with Gasteiger partial charge in [0.2, 0.25) is 5.91 Å². The van der Waals surface area contributed by atoms with Crippen molar-refractivity contribution in [3.8, 4) is 0 Å². The number of rotatable bonds is 4. The van der Waals surface area contributed by atoms with Gasteiger partial charge in [0, 0.05) is 5.69 Å². The average Bonchev–Trinajstić information content (AvgIpc) is 2.92. The fraction of sp³-hybridized carbons (Fsp3) is 0.300. The molecular weight excluding hydrogens is 397 g/mol. The van der Waals surface area contributed by atoms with Gasteiger partial charge in [-0.25, -0.2) is 4.98 Å². The standard InChI is InChI=1S/C10H10IN5O3S/c1-5-9(11)6(2)15(14-5)4-7(17)13-10-12-3-8(20-10)16(18)19/h3H,4H2,1-2H3,(H,12,13,17). The summed E-state index contributed by atoms with van der Waals surface area (Å²) in [6.45, 7) is 3.79. The number of aryl methyl sites for hydroxylation is 1. The summed E-state index contributed by atoms with van der Waals surface area (Å²) < 4.78 is 2.61. The van der Waals surface area contributed by atoms with E-state index in [4.69, 9.17) is 0 Å². The lowest BCUT2D eigenvalue weighted by Crippen LogP contribution is -2.20. The summed E-state index contributed by atoms with van der Waals surface area (Å²) in [5.41, 5.74) is 1.77. The van der Waals surface area contributed by atoms with Crippen LogP contribution in [0.2, 0.25) is 0 Å². The normalized spacial score (nSPS) is 10.6. The van der Waals surface area contributed by atoms with Gasteiger partial charge in [-0.1, -0.05) is 0 Å². The number of hydrogen-bond acceptors (Lipinski definition) is 6. The summed E-state index contributed by atoms with van der Waals surface area (Å²) in [7, 11) is 0. The molecule has 0 aliphatic carbocycles. The van der Waals surface area contributed by atoms with Crippen molar-refractivity contribution in [2.45, 2.75) is 20.4 Å². The number of hydrogen-bond donors (Lipinski definition) is 1. The zero-order valence-corrected chi connectivity index (χ0v) is 13.6. The van der Waals surface area contributed by atoms with Gasteiger partial charge in [0.05, 0.1) is 14.2 Å². The topological polar surface area (TPSA) is 103 Å². The first-order valence-electron chi connectivity index (χ1n) is 5.48. The van der Waals surface area contributed by atoms with Gasteiger partial charge in [0.25, 0.3) is 0 Å². The number of amides is 1. The highest BCUT2D eigenvalue weighted by molar-refractivity contribution is 14.1. The fourth-order valence-corrected chi connectivity index (χ4v) is 2.57. The molecule has 0 aliphatic heterocycles. The Morgan fingerprint density at radius 2 is 2.30 bits per heavy atom. The van der Waals surface area contributed by atoms with Crippen molar-refractivity contribution in [3.05, 3.63) is 31.3 Å². The van der Waals surface area contributed by atoms with Crippen LogP contribution in [0.25, 0.3) is 0 Å². The Morgan fingerprint density at radius 3 is 2.80 bits per heavy atom. The molecule has 2 aromatic heterocycles. The van der Waals surface area contributed by atoms with Crippen molar-refractivity contribution in [1.82, 2.24) is 14.8 Å². The number of aromatic nitrogens is 3. The Balaban J connectivity index is 2.05. The van der Waals surface area contributed by atoms with E-state index < -0.39 is 4.92 Å². The molecule has 106 valence electrons. The van der Waals surface area contributed by atoms with Crippen molar-refractivity contribution in [1.29, 1.82) is 0 Å². The van der Waals surface area contributed by atoms with Crippen LogP contribution in [0.5, 0.6) is 0 Å². The largest absolute Gasteiger partial charge is 0.345 e. The average molecular weight is 407 g/mol. The van der Waals surface area contributed by atoms with Gasteiger partial charge in [-0.3, -0.25) is 19.6 Å². The van der Waals surface area contributed by atoms with E-state index in [-0.39, 0.29) is 22.6 Å². The third kappa shape index (κ3) is 3.12. The third-order valence-electron chi connectivity index (χ3n) is 2.51. The molecule has 0 saturated heterocycles. The molecule has 0 aliphatic rings. The Bertz CT molecular complexity index is 680. The van der Waals surface area contributed by atoms with Gasteiger partial charge in [0.15, 0.2) is 5.13 Å². The maximum Gasteiger partial charge on any atom is 0.345 e. The zero-order valence-electron chi connectivity index (χ0n) is 10.6. The molecular formula is C10H10IN5O3S. The second kappa shape index (κ2) is 5.83. The van der Waals surface area contributed by atoms with E-state index in [1.807, 2.05) is 13.8 Å². The second-order valence-corrected chi connectivity index (χ2v) is 6.04. The maximum absolute atomic E-state index is 11.9. The third-order valence-corrected chi connectivity index (χ3v) is 4.93. The predicted octanol–water partition coefficient (Wildman–Crippen LogP) is 2.11. The molecule has 2 aromatic rings. The lowest BCUT2D eigenvalue weighted by atomic mass is 10.4. The Morgan fingerprint density at radius 1 is 1.60 bits per heavy atom. The van der Waals surface area contributed by atoms with Crippen molar-refractivity contribution in [3.63, 3.8) is 0 Å². The Kier molecular flexibility index (Phi) is 4.32. The molecule has 20 heavy (non-hydrogen) atoms. The molecule has 8 nitrogen and oxygen atoms in total. The van der Waals surface area contributed by atoms with Crippen molar-refractivity contribution in [2.24, 2.45) is 0 Å². The molecule has 0 aromatic carbocycles. The molecule has 0 radical (unpaired) electrons. The first-order valence-corrected chi connectivity index (χ1v) is 7.37. The van der Waals surface area contributed by atoms with Gasteiger partial charge in [0.1, 0.15) is 12.7 Å². The number of anilines is 1. The molecule has 0 saturated carbocycles. The van der Waals surface area contributed by atoms with Gasteiger partial charge >= 0.3 is 5.00 Å². The number of nitrogens with one attached hydrogen (secondary N) is 1. The van der Waals surface area contributed by atoms with Crippen LogP contribution in [-0.4, -0.2) is 25.6 Å². The van der Waals surface area contributed by atoms with Crippen LogP contribution in [-0.2, 0) is 11.3 Å². The number of thiazole rings is 1. The summed E-state index contributed by atoms with van der Waals surface area (Å²) in [5, 5.41) is 17.4. The van der Waals surface area contributed by atoms with Crippen LogP contribution >= 0.6 is 33.9 Å². The quantitative estimate of drug-likeness (QED) is 0.475. The molecule has 2 rings (SSSR count). The maximum atomic E-state index is 11.9. The highest BCUT2D eigenvalue weighted by Gasteiger charge is 2.15. The molecule has 0 fully saturated rings. The van der Waals surface area contributed by atoms with Crippen molar-refractivity contribution < 1.29 is 9.72 Å². The van der Waals surface area contributed by atoms with Crippen LogP contribution in [0.3, 0.4) is 0 Å². The lowest BCUT2D eigenvalue weighted by Gasteiger charge is -2.03. The zero-order chi connectivity index (χ0) is 14.9. The van der Waals surface area contributed by atoms with Gasteiger partial charge in [-0.05, 0) is 47.8 Å². The smallest absolute Gasteiger partial charge is 0.300 e. The van der Waals surface area contributed by atoms with E-state index in [1.54, 1.807) is 4.68 Å². The second-order valence-electron chi connectivity index (χ2n) is 3.95.